The Morgan fingerprint density at radius 2 is 2.12 bits per heavy atom. The van der Waals surface area contributed by atoms with E-state index in [4.69, 9.17) is 9.47 Å². The lowest BCUT2D eigenvalue weighted by Crippen LogP contribution is -2.43. The molecule has 8 heteroatoms. The zero-order valence-electron chi connectivity index (χ0n) is 13.7. The van der Waals surface area contributed by atoms with Crippen molar-refractivity contribution < 1.29 is 24.1 Å². The van der Waals surface area contributed by atoms with Crippen LogP contribution in [-0.2, 0) is 29.7 Å². The molecule has 1 saturated heterocycles. The van der Waals surface area contributed by atoms with Crippen LogP contribution in [0.3, 0.4) is 0 Å². The normalized spacial score (nSPS) is 20.4. The molecule has 1 aliphatic carbocycles. The quantitative estimate of drug-likeness (QED) is 0.782. The average Bonchev–Trinajstić information content (AvgIpc) is 3.41. The first-order chi connectivity index (χ1) is 11.5. The number of nitrogens with one attached hydrogen (secondary N) is 1. The van der Waals surface area contributed by atoms with Crippen molar-refractivity contribution >= 4 is 21.8 Å². The van der Waals surface area contributed by atoms with Gasteiger partial charge in [0.25, 0.3) is 0 Å². The first kappa shape index (κ1) is 17.2. The van der Waals surface area contributed by atoms with E-state index >= 15 is 0 Å². The third kappa shape index (κ3) is 3.39. The van der Waals surface area contributed by atoms with Crippen molar-refractivity contribution in [1.29, 1.82) is 0 Å². The number of sulfonamides is 1. The van der Waals surface area contributed by atoms with Gasteiger partial charge in [0.05, 0.1) is 17.6 Å². The largest absolute Gasteiger partial charge is 0.465 e. The van der Waals surface area contributed by atoms with Gasteiger partial charge in [0.2, 0.25) is 10.0 Å². The maximum atomic E-state index is 12.6. The molecule has 2 heterocycles. The topological polar surface area (TPSA) is 94.6 Å². The molecule has 0 aromatic carbocycles. The minimum Gasteiger partial charge on any atom is -0.465 e. The maximum absolute atomic E-state index is 12.6. The summed E-state index contributed by atoms with van der Waals surface area (Å²) in [7, 11) is -3.39. The molecule has 0 amide bonds. The molecule has 3 rings (SSSR count). The first-order valence-corrected chi connectivity index (χ1v) is 9.77. The van der Waals surface area contributed by atoms with Gasteiger partial charge in [-0.2, -0.15) is 0 Å². The molecule has 0 radical (unpaired) electrons. The summed E-state index contributed by atoms with van der Waals surface area (Å²) in [5.41, 5.74) is -0.352. The lowest BCUT2D eigenvalue weighted by Gasteiger charge is -2.34. The van der Waals surface area contributed by atoms with Gasteiger partial charge in [-0.25, -0.2) is 13.4 Å². The van der Waals surface area contributed by atoms with Crippen molar-refractivity contribution in [2.24, 2.45) is 0 Å². The van der Waals surface area contributed by atoms with Crippen LogP contribution in [0.25, 0.3) is 0 Å². The maximum Gasteiger partial charge on any atom is 0.318 e. The number of anilines is 1. The molecule has 0 spiro atoms. The van der Waals surface area contributed by atoms with Crippen LogP contribution >= 0.6 is 0 Å². The molecule has 0 unspecified atom stereocenters. The number of hydrogen-bond donors (Lipinski definition) is 1. The van der Waals surface area contributed by atoms with Crippen LogP contribution in [0.4, 0.5) is 5.82 Å². The van der Waals surface area contributed by atoms with Crippen LogP contribution in [0.15, 0.2) is 18.2 Å². The van der Waals surface area contributed by atoms with Gasteiger partial charge < -0.3 is 9.47 Å². The molecule has 24 heavy (non-hydrogen) atoms. The molecule has 0 atom stereocenters. The predicted octanol–water partition coefficient (Wildman–Crippen LogP) is 1.84. The molecule has 7 nitrogen and oxygen atoms in total. The summed E-state index contributed by atoms with van der Waals surface area (Å²) in [5.74, 6) is -0.0856. The summed E-state index contributed by atoms with van der Waals surface area (Å²) in [6, 6.07) is 5.06. The third-order valence-corrected chi connectivity index (χ3v) is 6.30. The fourth-order valence-corrected chi connectivity index (χ4v) is 4.25. The molecular weight excluding hydrogens is 332 g/mol. The summed E-state index contributed by atoms with van der Waals surface area (Å²) in [6.45, 7) is 2.94. The van der Waals surface area contributed by atoms with E-state index in [9.17, 15) is 13.2 Å². The van der Waals surface area contributed by atoms with Crippen molar-refractivity contribution in [3.63, 3.8) is 0 Å². The molecule has 1 N–H and O–H groups in total. The highest BCUT2D eigenvalue weighted by Crippen LogP contribution is 2.36. The molecule has 1 saturated carbocycles. The van der Waals surface area contributed by atoms with Crippen LogP contribution in [0.5, 0.6) is 0 Å². The van der Waals surface area contributed by atoms with Gasteiger partial charge in [-0.15, -0.1) is 0 Å². The van der Waals surface area contributed by atoms with Gasteiger partial charge in [0.1, 0.15) is 11.2 Å². The van der Waals surface area contributed by atoms with Gasteiger partial charge in [-0.1, -0.05) is 6.07 Å². The summed E-state index contributed by atoms with van der Waals surface area (Å²) in [5, 5.41) is -0.329. The summed E-state index contributed by atoms with van der Waals surface area (Å²) < 4.78 is 37.4. The predicted molar refractivity (Wildman–Crippen MR) is 90.3 cm³/mol. The van der Waals surface area contributed by atoms with Gasteiger partial charge in [-0.05, 0) is 44.7 Å². The average molecular weight is 356 g/mol. The van der Waals surface area contributed by atoms with Gasteiger partial charge in [-0.3, -0.25) is 9.52 Å². The Hall–Kier alpha value is -1.67. The van der Waals surface area contributed by atoms with E-state index in [1.807, 2.05) is 0 Å². The molecule has 1 aromatic heterocycles. The van der Waals surface area contributed by atoms with E-state index in [2.05, 4.69) is 9.71 Å². The molecule has 1 aliphatic heterocycles. The zero-order valence-corrected chi connectivity index (χ0v) is 14.5. The SMILES string of the molecule is CCOC(=O)C1(c2cccc(NS(=O)(=O)C3CC3)n2)CCOCC1.[HH]. The Bertz CT molecular complexity index is 715. The van der Waals surface area contributed by atoms with Crippen LogP contribution in [0.2, 0.25) is 0 Å². The highest BCUT2D eigenvalue weighted by molar-refractivity contribution is 7.93. The van der Waals surface area contributed by atoms with Crippen molar-refractivity contribution in [2.75, 3.05) is 24.5 Å². The highest BCUT2D eigenvalue weighted by atomic mass is 32.2. The second kappa shape index (κ2) is 6.68. The van der Waals surface area contributed by atoms with Gasteiger partial charge >= 0.3 is 5.97 Å². The van der Waals surface area contributed by atoms with E-state index in [0.29, 0.717) is 44.6 Å². The Morgan fingerprint density at radius 3 is 2.75 bits per heavy atom. The van der Waals surface area contributed by atoms with Crippen molar-refractivity contribution in [1.82, 2.24) is 4.98 Å². The highest BCUT2D eigenvalue weighted by Gasteiger charge is 2.45. The number of aromatic nitrogens is 1. The van der Waals surface area contributed by atoms with Crippen LogP contribution in [0.1, 0.15) is 39.7 Å². The molecule has 134 valence electrons. The number of carbonyl (C=O) groups is 1. The summed E-state index contributed by atoms with van der Waals surface area (Å²) >= 11 is 0. The van der Waals surface area contributed by atoms with Crippen LogP contribution in [0, 0.1) is 0 Å². The van der Waals surface area contributed by atoms with Gasteiger partial charge in [0, 0.05) is 14.6 Å². The lowest BCUT2D eigenvalue weighted by atomic mass is 9.77. The Balaban J connectivity index is 0.00000225. The molecule has 2 aliphatic rings. The van der Waals surface area contributed by atoms with Crippen molar-refractivity contribution in [2.45, 2.75) is 43.3 Å². The standard InChI is InChI=1S/C16H22N2O5S.H2/c1-2-23-15(19)16(8-10-22-11-9-16)13-4-3-5-14(17-13)18-24(20,21)12-6-7-12;/h3-5,12H,2,6-11H2,1H3,(H,17,18);1H. The molecule has 0 bridgehead atoms. The third-order valence-electron chi connectivity index (χ3n) is 4.46. The number of pyridine rings is 1. The fourth-order valence-electron chi connectivity index (χ4n) is 2.92. The number of nitrogens with zero attached hydrogens (tertiary/aromatic N) is 1. The zero-order chi connectivity index (χ0) is 17.2. The van der Waals surface area contributed by atoms with Crippen molar-refractivity contribution in [3.05, 3.63) is 23.9 Å². The number of carbonyl (C=O) groups excluding carboxylic acids is 1. The first-order valence-electron chi connectivity index (χ1n) is 8.22. The summed E-state index contributed by atoms with van der Waals surface area (Å²) in [4.78, 5) is 17.0. The number of esters is 1. The Labute approximate surface area is 143 Å². The van der Waals surface area contributed by atoms with Crippen LogP contribution in [-0.4, -0.2) is 44.4 Å². The monoisotopic (exact) mass is 356 g/mol. The van der Waals surface area contributed by atoms with E-state index in [-0.39, 0.29) is 25.1 Å². The Kier molecular flexibility index (Phi) is 4.78. The van der Waals surface area contributed by atoms with Crippen LogP contribution < -0.4 is 4.72 Å². The van der Waals surface area contributed by atoms with E-state index in [0.717, 1.165) is 0 Å². The molecule has 2 fully saturated rings. The lowest BCUT2D eigenvalue weighted by molar-refractivity contribution is -0.154. The second-order valence-corrected chi connectivity index (χ2v) is 8.13. The Morgan fingerprint density at radius 1 is 1.42 bits per heavy atom. The van der Waals surface area contributed by atoms with Gasteiger partial charge in [0.15, 0.2) is 0 Å². The van der Waals surface area contributed by atoms with E-state index < -0.39 is 15.4 Å². The van der Waals surface area contributed by atoms with E-state index in [1.165, 1.54) is 0 Å². The second-order valence-electron chi connectivity index (χ2n) is 6.17. The number of ether oxygens (including phenoxy) is 2. The number of rotatable bonds is 6. The molecule has 1 aromatic rings. The van der Waals surface area contributed by atoms with Crippen molar-refractivity contribution in [3.8, 4) is 0 Å². The minimum absolute atomic E-state index is 0. The smallest absolute Gasteiger partial charge is 0.318 e. The fraction of sp³-hybridized carbons (Fsp3) is 0.625. The minimum atomic E-state index is -3.39. The summed E-state index contributed by atoms with van der Waals surface area (Å²) in [6.07, 6.45) is 2.30. The van der Waals surface area contributed by atoms with E-state index in [1.54, 1.807) is 25.1 Å². The molecular formula is C16H24N2O5S. The number of hydrogen-bond acceptors (Lipinski definition) is 6.